The van der Waals surface area contributed by atoms with Crippen LogP contribution in [0.1, 0.15) is 69.4 Å². The average Bonchev–Trinajstić information content (AvgIpc) is 3.80. The molecule has 14 nitrogen and oxygen atoms in total. The molecule has 5 heterocycles. The number of piperidine rings is 3. The molecule has 8 rings (SSSR count). The second-order valence-electron chi connectivity index (χ2n) is 17.3. The smallest absolute Gasteiger partial charge is 0.271 e. The van der Waals surface area contributed by atoms with Crippen molar-refractivity contribution in [1.82, 2.24) is 29.1 Å². The number of imide groups is 1. The van der Waals surface area contributed by atoms with Gasteiger partial charge in [-0.25, -0.2) is 13.7 Å². The molecule has 0 spiro atoms. The first kappa shape index (κ1) is 43.9. The zero-order valence-corrected chi connectivity index (χ0v) is 37.4. The molecule has 2 aromatic carbocycles. The standard InChI is InChI=1S/C45H56ClFN10O4S/c1-28-22-32(12-13-35(28)49-45-48-24-30-23-33(46)44(61)57(42(30)51-45)31-8-5-6-9-31)62-56-20-16-29(17-21-56)25-52(2)36-18-19-55(26-34(36)47)38-11-7-10-37(41(38)53(3)27-58)54(4)39-14-15-40(59)50-43(39)60/h7,10-13,22-24,27,29,31,34,36,39H,5-6,8-9,14-21,25-26H2,1-4H3,(H,48,49,51)(H,50,59,60). The lowest BCUT2D eigenvalue weighted by Gasteiger charge is -2.43. The van der Waals surface area contributed by atoms with Gasteiger partial charge in [0, 0.05) is 80.9 Å². The van der Waals surface area contributed by atoms with Crippen molar-refractivity contribution in [3.05, 3.63) is 69.6 Å². The summed E-state index contributed by atoms with van der Waals surface area (Å²) in [5.41, 5.74) is 4.38. The normalized spacial score (nSPS) is 21.7. The molecule has 1 aliphatic carbocycles. The van der Waals surface area contributed by atoms with Gasteiger partial charge in [0.2, 0.25) is 24.2 Å². The van der Waals surface area contributed by atoms with Crippen molar-refractivity contribution in [1.29, 1.82) is 0 Å². The number of pyridine rings is 1. The van der Waals surface area contributed by atoms with Gasteiger partial charge in [-0.05, 0) is 112 Å². The Hall–Kier alpha value is -4.77. The van der Waals surface area contributed by atoms with Crippen LogP contribution in [0.4, 0.5) is 33.1 Å². The molecule has 3 aliphatic heterocycles. The molecule has 1 saturated carbocycles. The quantitative estimate of drug-likeness (QED) is 0.0838. The van der Waals surface area contributed by atoms with Gasteiger partial charge in [0.1, 0.15) is 22.9 Å². The molecule has 3 saturated heterocycles. The molecular formula is C45H56ClFN10O4S. The van der Waals surface area contributed by atoms with Crippen molar-refractivity contribution in [3.8, 4) is 0 Å². The second kappa shape index (κ2) is 18.9. The van der Waals surface area contributed by atoms with Crippen LogP contribution in [0.25, 0.3) is 11.0 Å². The van der Waals surface area contributed by atoms with E-state index in [2.05, 4.69) is 49.9 Å². The molecule has 0 bridgehead atoms. The predicted octanol–water partition coefficient (Wildman–Crippen LogP) is 6.71. The third-order valence-electron chi connectivity index (χ3n) is 13.2. The number of hydrogen-bond donors (Lipinski definition) is 2. The molecule has 17 heteroatoms. The molecule has 0 radical (unpaired) electrons. The number of fused-ring (bicyclic) bond motifs is 1. The van der Waals surface area contributed by atoms with E-state index in [0.29, 0.717) is 48.3 Å². The van der Waals surface area contributed by atoms with Gasteiger partial charge in [0.25, 0.3) is 5.56 Å². The minimum absolute atomic E-state index is 0.0929. The third-order valence-corrected chi connectivity index (χ3v) is 14.6. The fraction of sp³-hybridized carbons (Fsp3) is 0.511. The Morgan fingerprint density at radius 3 is 2.48 bits per heavy atom. The van der Waals surface area contributed by atoms with Gasteiger partial charge < -0.3 is 24.9 Å². The summed E-state index contributed by atoms with van der Waals surface area (Å²) in [5.74, 6) is 0.245. The van der Waals surface area contributed by atoms with E-state index in [4.69, 9.17) is 16.6 Å². The molecule has 3 amide bonds. The highest BCUT2D eigenvalue weighted by Gasteiger charge is 2.37. The maximum atomic E-state index is 16.2. The summed E-state index contributed by atoms with van der Waals surface area (Å²) in [6.07, 6.45) is 8.70. The molecule has 4 aromatic rings. The van der Waals surface area contributed by atoms with Crippen LogP contribution >= 0.6 is 23.5 Å². The van der Waals surface area contributed by atoms with Gasteiger partial charge in [0.15, 0.2) is 0 Å². The lowest BCUT2D eigenvalue weighted by molar-refractivity contribution is -0.134. The highest BCUT2D eigenvalue weighted by Crippen LogP contribution is 2.41. The van der Waals surface area contributed by atoms with Gasteiger partial charge in [-0.15, -0.1) is 0 Å². The number of halogens is 2. The summed E-state index contributed by atoms with van der Waals surface area (Å²) >= 11 is 8.09. The molecule has 62 heavy (non-hydrogen) atoms. The fourth-order valence-corrected chi connectivity index (χ4v) is 11.0. The van der Waals surface area contributed by atoms with E-state index in [0.717, 1.165) is 91.8 Å². The summed E-state index contributed by atoms with van der Waals surface area (Å²) in [7, 11) is 5.50. The molecule has 4 aliphatic rings. The Morgan fingerprint density at radius 1 is 1.00 bits per heavy atom. The molecule has 2 N–H and O–H groups in total. The monoisotopic (exact) mass is 886 g/mol. The zero-order valence-electron chi connectivity index (χ0n) is 35.9. The van der Waals surface area contributed by atoms with Gasteiger partial charge in [-0.2, -0.15) is 4.98 Å². The number of likely N-dealkylation sites (N-methyl/N-ethyl adjacent to an activating group) is 1. The Kier molecular flexibility index (Phi) is 13.4. The Balaban J connectivity index is 0.841. The van der Waals surface area contributed by atoms with Crippen LogP contribution in [0, 0.1) is 12.8 Å². The first-order valence-electron chi connectivity index (χ1n) is 21.7. The molecule has 330 valence electrons. The summed E-state index contributed by atoms with van der Waals surface area (Å²) in [5, 5.41) is 6.73. The number of alkyl halides is 1. The second-order valence-corrected chi connectivity index (χ2v) is 18.9. The molecule has 4 fully saturated rings. The van der Waals surface area contributed by atoms with Crippen molar-refractivity contribution in [2.45, 2.75) is 93.9 Å². The lowest BCUT2D eigenvalue weighted by Crippen LogP contribution is -2.53. The maximum absolute atomic E-state index is 16.2. The largest absolute Gasteiger partial charge is 0.367 e. The number of nitrogens with one attached hydrogen (secondary N) is 2. The van der Waals surface area contributed by atoms with Gasteiger partial charge in [-0.3, -0.25) is 29.1 Å². The van der Waals surface area contributed by atoms with E-state index in [1.807, 2.05) is 35.0 Å². The number of carbonyl (C=O) groups is 3. The minimum atomic E-state index is -1.10. The van der Waals surface area contributed by atoms with E-state index in [9.17, 15) is 19.2 Å². The first-order valence-corrected chi connectivity index (χ1v) is 22.9. The number of aromatic nitrogens is 3. The van der Waals surface area contributed by atoms with Crippen LogP contribution in [-0.4, -0.2) is 114 Å². The average molecular weight is 888 g/mol. The van der Waals surface area contributed by atoms with Crippen molar-refractivity contribution < 1.29 is 18.8 Å². The van der Waals surface area contributed by atoms with Crippen molar-refractivity contribution in [2.75, 3.05) is 73.9 Å². The number of anilines is 5. The number of carbonyl (C=O) groups excluding carboxylic acids is 3. The van der Waals surface area contributed by atoms with Crippen LogP contribution in [-0.2, 0) is 14.4 Å². The molecule has 3 atom stereocenters. The maximum Gasteiger partial charge on any atom is 0.271 e. The van der Waals surface area contributed by atoms with E-state index < -0.39 is 12.2 Å². The van der Waals surface area contributed by atoms with E-state index in [1.54, 1.807) is 42.9 Å². The molecule has 3 unspecified atom stereocenters. The van der Waals surface area contributed by atoms with Crippen LogP contribution in [0.5, 0.6) is 0 Å². The number of nitrogens with zero attached hydrogens (tertiary/aromatic N) is 8. The van der Waals surface area contributed by atoms with Crippen molar-refractivity contribution in [3.63, 3.8) is 0 Å². The van der Waals surface area contributed by atoms with Crippen LogP contribution in [0.3, 0.4) is 0 Å². The topological polar surface area (TPSA) is 139 Å². The minimum Gasteiger partial charge on any atom is -0.367 e. The SMILES string of the molecule is Cc1cc(SN2CCC(CN(C)C3CCN(c4cccc(N(C)C5CCC(=O)NC5=O)c4N(C)C=O)CC3F)CC2)ccc1Nc1ncc2cc(Cl)c(=O)n(C3CCCC3)c2n1. The van der Waals surface area contributed by atoms with E-state index in [1.165, 1.54) is 4.90 Å². The van der Waals surface area contributed by atoms with E-state index in [-0.39, 0.29) is 47.4 Å². The molecule has 2 aromatic heterocycles. The zero-order chi connectivity index (χ0) is 43.7. The number of para-hydroxylation sites is 1. The fourth-order valence-electron chi connectivity index (χ4n) is 9.78. The number of hydrogen-bond acceptors (Lipinski definition) is 12. The van der Waals surface area contributed by atoms with Crippen molar-refractivity contribution >= 4 is 81.5 Å². The summed E-state index contributed by atoms with van der Waals surface area (Å²) in [4.78, 5) is 67.8. The van der Waals surface area contributed by atoms with E-state index >= 15 is 4.39 Å². The number of amides is 3. The van der Waals surface area contributed by atoms with Crippen LogP contribution < -0.4 is 30.9 Å². The number of benzene rings is 2. The highest BCUT2D eigenvalue weighted by atomic mass is 35.5. The van der Waals surface area contributed by atoms with Crippen LogP contribution in [0.15, 0.2) is 58.4 Å². The number of aryl methyl sites for hydroxylation is 1. The van der Waals surface area contributed by atoms with Crippen molar-refractivity contribution in [2.24, 2.45) is 5.92 Å². The Labute approximate surface area is 371 Å². The Morgan fingerprint density at radius 2 is 1.77 bits per heavy atom. The predicted molar refractivity (Wildman–Crippen MR) is 245 cm³/mol. The van der Waals surface area contributed by atoms with Gasteiger partial charge >= 0.3 is 0 Å². The number of rotatable bonds is 13. The van der Waals surface area contributed by atoms with Crippen LogP contribution in [0.2, 0.25) is 5.02 Å². The van der Waals surface area contributed by atoms with Gasteiger partial charge in [0.05, 0.1) is 23.6 Å². The first-order chi connectivity index (χ1) is 29.9. The lowest BCUT2D eigenvalue weighted by atomic mass is 9.94. The highest BCUT2D eigenvalue weighted by molar-refractivity contribution is 7.97. The molecular weight excluding hydrogens is 831 g/mol. The van der Waals surface area contributed by atoms with Gasteiger partial charge in [-0.1, -0.05) is 30.5 Å². The Bertz CT molecular complexity index is 2370. The summed E-state index contributed by atoms with van der Waals surface area (Å²) in [6, 6.07) is 12.9. The summed E-state index contributed by atoms with van der Waals surface area (Å²) < 4.78 is 20.4. The summed E-state index contributed by atoms with van der Waals surface area (Å²) in [6.45, 7) is 5.58. The third kappa shape index (κ3) is 9.29.